The lowest BCUT2D eigenvalue weighted by Crippen LogP contribution is -2.49. The van der Waals surface area contributed by atoms with Crippen molar-refractivity contribution >= 4 is 20.0 Å². The lowest BCUT2D eigenvalue weighted by atomic mass is 10.2. The van der Waals surface area contributed by atoms with Gasteiger partial charge in [-0.1, -0.05) is 30.3 Å². The van der Waals surface area contributed by atoms with E-state index in [4.69, 9.17) is 0 Å². The first-order valence-corrected chi connectivity index (χ1v) is 11.3. The molecular formula is C15H25N3O4S2. The summed E-state index contributed by atoms with van der Waals surface area (Å²) in [5.41, 5.74) is 1.21. The molecule has 1 saturated heterocycles. The minimum Gasteiger partial charge on any atom is -0.296 e. The van der Waals surface area contributed by atoms with E-state index in [0.29, 0.717) is 26.2 Å². The summed E-state index contributed by atoms with van der Waals surface area (Å²) < 4.78 is 51.1. The highest BCUT2D eigenvalue weighted by atomic mass is 32.2. The lowest BCUT2D eigenvalue weighted by molar-refractivity contribution is 0.181. The first-order valence-electron chi connectivity index (χ1n) is 8.04. The molecule has 1 heterocycles. The van der Waals surface area contributed by atoms with Crippen molar-refractivity contribution in [3.63, 3.8) is 0 Å². The van der Waals surface area contributed by atoms with Crippen molar-refractivity contribution < 1.29 is 16.8 Å². The van der Waals surface area contributed by atoms with Crippen LogP contribution in [0.3, 0.4) is 0 Å². The molecule has 0 aliphatic carbocycles. The van der Waals surface area contributed by atoms with Gasteiger partial charge >= 0.3 is 0 Å². The molecule has 0 saturated carbocycles. The van der Waals surface area contributed by atoms with E-state index in [1.165, 1.54) is 16.8 Å². The standard InChI is InChI=1S/C15H25N3O4S2/c1-2-23(19,20)16-8-13-24(21,22)18-11-9-17(10-12-18)14-15-6-4-3-5-7-15/h3-7,16H,2,8-14H2,1H3. The highest BCUT2D eigenvalue weighted by Crippen LogP contribution is 2.11. The third-order valence-electron chi connectivity index (χ3n) is 4.04. The van der Waals surface area contributed by atoms with Gasteiger partial charge in [-0.15, -0.1) is 0 Å². The Labute approximate surface area is 144 Å². The van der Waals surface area contributed by atoms with Crippen molar-refractivity contribution in [3.05, 3.63) is 35.9 Å². The summed E-state index contributed by atoms with van der Waals surface area (Å²) in [6.07, 6.45) is 0. The predicted molar refractivity (Wildman–Crippen MR) is 94.5 cm³/mol. The Hall–Kier alpha value is -1.00. The van der Waals surface area contributed by atoms with Gasteiger partial charge in [0.25, 0.3) is 0 Å². The van der Waals surface area contributed by atoms with Crippen LogP contribution in [0.2, 0.25) is 0 Å². The molecule has 0 radical (unpaired) electrons. The van der Waals surface area contributed by atoms with E-state index in [2.05, 4.69) is 21.8 Å². The predicted octanol–water partition coefficient (Wildman–Crippen LogP) is 0.0733. The van der Waals surface area contributed by atoms with Crippen molar-refractivity contribution in [2.75, 3.05) is 44.2 Å². The molecule has 1 fully saturated rings. The first-order chi connectivity index (χ1) is 11.3. The van der Waals surface area contributed by atoms with Gasteiger partial charge in [0.2, 0.25) is 20.0 Å². The van der Waals surface area contributed by atoms with Gasteiger partial charge in [-0.25, -0.2) is 21.6 Å². The number of hydrogen-bond donors (Lipinski definition) is 1. The Balaban J connectivity index is 1.80. The molecule has 0 aromatic heterocycles. The number of hydrogen-bond acceptors (Lipinski definition) is 5. The van der Waals surface area contributed by atoms with Crippen LogP contribution in [0.25, 0.3) is 0 Å². The summed E-state index contributed by atoms with van der Waals surface area (Å²) in [4.78, 5) is 2.22. The molecule has 1 N–H and O–H groups in total. The van der Waals surface area contributed by atoms with Gasteiger partial charge in [0.15, 0.2) is 0 Å². The van der Waals surface area contributed by atoms with Gasteiger partial charge < -0.3 is 0 Å². The van der Waals surface area contributed by atoms with Gasteiger partial charge in [-0.3, -0.25) is 4.90 Å². The van der Waals surface area contributed by atoms with E-state index in [9.17, 15) is 16.8 Å². The molecule has 1 aliphatic heterocycles. The second-order valence-electron chi connectivity index (χ2n) is 5.77. The van der Waals surface area contributed by atoms with Gasteiger partial charge in [0.1, 0.15) is 0 Å². The maximum Gasteiger partial charge on any atom is 0.215 e. The zero-order chi connectivity index (χ0) is 17.6. The number of piperazine rings is 1. The highest BCUT2D eigenvalue weighted by Gasteiger charge is 2.26. The fourth-order valence-electron chi connectivity index (χ4n) is 2.56. The van der Waals surface area contributed by atoms with Gasteiger partial charge in [-0.05, 0) is 12.5 Å². The SMILES string of the molecule is CCS(=O)(=O)NCCS(=O)(=O)N1CCN(Cc2ccccc2)CC1. The normalized spacial score (nSPS) is 17.9. The molecule has 7 nitrogen and oxygen atoms in total. The number of nitrogens with zero attached hydrogens (tertiary/aromatic N) is 2. The van der Waals surface area contributed by atoms with Gasteiger partial charge in [-0.2, -0.15) is 4.31 Å². The van der Waals surface area contributed by atoms with Crippen LogP contribution in [-0.2, 0) is 26.6 Å². The fraction of sp³-hybridized carbons (Fsp3) is 0.600. The fourth-order valence-corrected chi connectivity index (χ4v) is 4.65. The monoisotopic (exact) mass is 375 g/mol. The van der Waals surface area contributed by atoms with E-state index >= 15 is 0 Å². The summed E-state index contributed by atoms with van der Waals surface area (Å²) in [6.45, 7) is 4.48. The Kier molecular flexibility index (Phi) is 6.76. The Morgan fingerprint density at radius 1 is 1.00 bits per heavy atom. The van der Waals surface area contributed by atoms with E-state index in [1.807, 2.05) is 18.2 Å². The first kappa shape index (κ1) is 19.3. The van der Waals surface area contributed by atoms with Crippen LogP contribution < -0.4 is 4.72 Å². The third kappa shape index (κ3) is 5.82. The van der Waals surface area contributed by atoms with Gasteiger partial charge in [0, 0.05) is 39.3 Å². The van der Waals surface area contributed by atoms with Crippen LogP contribution in [0.5, 0.6) is 0 Å². The highest BCUT2D eigenvalue weighted by molar-refractivity contribution is 7.90. The van der Waals surface area contributed by atoms with E-state index in [0.717, 1.165) is 6.54 Å². The minimum atomic E-state index is -3.43. The summed E-state index contributed by atoms with van der Waals surface area (Å²) in [5, 5.41) is 0. The molecule has 1 aromatic carbocycles. The molecular weight excluding hydrogens is 350 g/mol. The van der Waals surface area contributed by atoms with Crippen LogP contribution in [-0.4, -0.2) is 70.3 Å². The molecule has 1 aromatic rings. The second-order valence-corrected chi connectivity index (χ2v) is 9.96. The number of rotatable bonds is 8. The van der Waals surface area contributed by atoms with E-state index in [-0.39, 0.29) is 18.1 Å². The molecule has 0 unspecified atom stereocenters. The van der Waals surface area contributed by atoms with Crippen LogP contribution in [0.1, 0.15) is 12.5 Å². The average Bonchev–Trinajstić information content (AvgIpc) is 2.56. The van der Waals surface area contributed by atoms with Crippen LogP contribution in [0.15, 0.2) is 30.3 Å². The summed E-state index contributed by atoms with van der Waals surface area (Å²) in [6, 6.07) is 10.1. The maximum absolute atomic E-state index is 12.3. The van der Waals surface area contributed by atoms with E-state index < -0.39 is 20.0 Å². The average molecular weight is 376 g/mol. The smallest absolute Gasteiger partial charge is 0.215 e. The molecule has 0 bridgehead atoms. The zero-order valence-corrected chi connectivity index (χ0v) is 15.5. The quantitative estimate of drug-likeness (QED) is 0.695. The molecule has 0 amide bonds. The third-order valence-corrected chi connectivity index (χ3v) is 7.31. The topological polar surface area (TPSA) is 86.8 Å². The molecule has 1 aliphatic rings. The van der Waals surface area contributed by atoms with Gasteiger partial charge in [0.05, 0.1) is 11.5 Å². The van der Waals surface area contributed by atoms with E-state index in [1.54, 1.807) is 0 Å². The van der Waals surface area contributed by atoms with Crippen molar-refractivity contribution in [1.29, 1.82) is 0 Å². The Bertz CT molecular complexity index is 712. The molecule has 0 atom stereocenters. The number of nitrogens with one attached hydrogen (secondary N) is 1. The zero-order valence-electron chi connectivity index (χ0n) is 13.9. The molecule has 0 spiro atoms. The summed E-state index contributed by atoms with van der Waals surface area (Å²) in [5.74, 6) is -0.254. The Morgan fingerprint density at radius 3 is 2.21 bits per heavy atom. The largest absolute Gasteiger partial charge is 0.296 e. The maximum atomic E-state index is 12.3. The van der Waals surface area contributed by atoms with Crippen molar-refractivity contribution in [1.82, 2.24) is 13.9 Å². The molecule has 2 rings (SSSR count). The Morgan fingerprint density at radius 2 is 1.62 bits per heavy atom. The second kappa shape index (κ2) is 8.39. The summed E-state index contributed by atoms with van der Waals surface area (Å²) in [7, 11) is -6.79. The van der Waals surface area contributed by atoms with Crippen molar-refractivity contribution in [2.45, 2.75) is 13.5 Å². The van der Waals surface area contributed by atoms with Crippen LogP contribution in [0.4, 0.5) is 0 Å². The lowest BCUT2D eigenvalue weighted by Gasteiger charge is -2.34. The number of benzene rings is 1. The molecule has 24 heavy (non-hydrogen) atoms. The molecule has 9 heteroatoms. The minimum absolute atomic E-state index is 0.0504. The number of sulfonamides is 2. The summed E-state index contributed by atoms with van der Waals surface area (Å²) >= 11 is 0. The van der Waals surface area contributed by atoms with Crippen LogP contribution in [0, 0.1) is 0 Å². The van der Waals surface area contributed by atoms with Crippen molar-refractivity contribution in [3.8, 4) is 0 Å². The van der Waals surface area contributed by atoms with Crippen LogP contribution >= 0.6 is 0 Å². The molecule has 136 valence electrons. The van der Waals surface area contributed by atoms with Crippen molar-refractivity contribution in [2.24, 2.45) is 0 Å².